The average molecular weight is 358 g/mol. The van der Waals surface area contributed by atoms with E-state index in [0.717, 1.165) is 23.9 Å². The Morgan fingerprint density at radius 1 is 1.35 bits per heavy atom. The Balaban J connectivity index is 1.85. The maximum Gasteiger partial charge on any atom is 0.311 e. The van der Waals surface area contributed by atoms with Gasteiger partial charge in [0.15, 0.2) is 16.8 Å². The van der Waals surface area contributed by atoms with Crippen LogP contribution in [0, 0.1) is 11.6 Å². The summed E-state index contributed by atoms with van der Waals surface area (Å²) in [7, 11) is 1.28. The quantitative estimate of drug-likeness (QED) is 0.635. The third-order valence-corrected chi connectivity index (χ3v) is 4.41. The molecule has 0 aliphatic carbocycles. The molecule has 0 fully saturated rings. The van der Waals surface area contributed by atoms with Crippen LogP contribution in [0.2, 0.25) is 0 Å². The summed E-state index contributed by atoms with van der Waals surface area (Å²) >= 11 is 2.26. The van der Waals surface area contributed by atoms with Gasteiger partial charge in [-0.1, -0.05) is 0 Å². The number of rotatable bonds is 6. The lowest BCUT2D eigenvalue weighted by atomic mass is 10.3. The van der Waals surface area contributed by atoms with Crippen molar-refractivity contribution in [3.63, 3.8) is 0 Å². The Morgan fingerprint density at radius 2 is 2.13 bits per heavy atom. The number of esters is 1. The van der Waals surface area contributed by atoms with Crippen molar-refractivity contribution in [1.29, 1.82) is 0 Å². The molecule has 2 rings (SSSR count). The van der Waals surface area contributed by atoms with Crippen LogP contribution in [0.3, 0.4) is 0 Å². The first-order valence-corrected chi connectivity index (χ1v) is 8.23. The van der Waals surface area contributed by atoms with Crippen LogP contribution in [0.15, 0.2) is 28.5 Å². The monoisotopic (exact) mass is 358 g/mol. The number of hydrogen-bond donors (Lipinski definition) is 1. The van der Waals surface area contributed by atoms with E-state index in [1.54, 1.807) is 5.38 Å². The van der Waals surface area contributed by atoms with Crippen molar-refractivity contribution in [2.45, 2.75) is 11.3 Å². The number of thiazole rings is 1. The first-order valence-electron chi connectivity index (χ1n) is 6.37. The lowest BCUT2D eigenvalue weighted by Crippen LogP contribution is -2.14. The second kappa shape index (κ2) is 8.02. The van der Waals surface area contributed by atoms with E-state index in [9.17, 15) is 18.4 Å². The SMILES string of the molecule is COC(=O)Cc1csc(NC(=O)CSc2ccc(F)c(F)c2)n1. The molecule has 122 valence electrons. The zero-order chi connectivity index (χ0) is 16.8. The van der Waals surface area contributed by atoms with E-state index in [-0.39, 0.29) is 18.1 Å². The number of ether oxygens (including phenoxy) is 1. The number of amides is 1. The number of hydrogen-bond acceptors (Lipinski definition) is 6. The van der Waals surface area contributed by atoms with Gasteiger partial charge in [0.1, 0.15) is 0 Å². The second-order valence-corrected chi connectivity index (χ2v) is 6.22. The predicted octanol–water partition coefficient (Wildman–Crippen LogP) is 2.87. The molecule has 23 heavy (non-hydrogen) atoms. The number of carbonyl (C=O) groups is 2. The Morgan fingerprint density at radius 3 is 2.83 bits per heavy atom. The molecule has 1 aromatic carbocycles. The van der Waals surface area contributed by atoms with Gasteiger partial charge in [-0.25, -0.2) is 13.8 Å². The summed E-state index contributed by atoms with van der Waals surface area (Å²) in [6.45, 7) is 0. The van der Waals surface area contributed by atoms with Crippen molar-refractivity contribution >= 4 is 40.1 Å². The standard InChI is InChI=1S/C14H12F2N2O3S2/c1-21-13(20)4-8-6-23-14(17-8)18-12(19)7-22-9-2-3-10(15)11(16)5-9/h2-3,5-6H,4,7H2,1H3,(H,17,18,19). The van der Waals surface area contributed by atoms with Crippen LogP contribution in [0.4, 0.5) is 13.9 Å². The van der Waals surface area contributed by atoms with E-state index in [1.807, 2.05) is 0 Å². The molecule has 2 aromatic rings. The number of aromatic nitrogens is 1. The van der Waals surface area contributed by atoms with Gasteiger partial charge in [0.05, 0.1) is 25.0 Å². The van der Waals surface area contributed by atoms with Gasteiger partial charge in [0.2, 0.25) is 5.91 Å². The lowest BCUT2D eigenvalue weighted by Gasteiger charge is -2.03. The number of nitrogens with one attached hydrogen (secondary N) is 1. The van der Waals surface area contributed by atoms with E-state index in [4.69, 9.17) is 0 Å². The van der Waals surface area contributed by atoms with Crippen molar-refractivity contribution < 1.29 is 23.1 Å². The normalized spacial score (nSPS) is 10.4. The van der Waals surface area contributed by atoms with E-state index >= 15 is 0 Å². The van der Waals surface area contributed by atoms with E-state index < -0.39 is 17.6 Å². The minimum atomic E-state index is -0.956. The molecule has 0 bridgehead atoms. The zero-order valence-corrected chi connectivity index (χ0v) is 13.6. The minimum Gasteiger partial charge on any atom is -0.469 e. The third-order valence-electron chi connectivity index (χ3n) is 2.61. The Labute approximate surface area is 139 Å². The summed E-state index contributed by atoms with van der Waals surface area (Å²) in [5.41, 5.74) is 0.505. The van der Waals surface area contributed by atoms with Gasteiger partial charge in [-0.05, 0) is 18.2 Å². The maximum absolute atomic E-state index is 13.1. The third kappa shape index (κ3) is 5.29. The highest BCUT2D eigenvalue weighted by Crippen LogP contribution is 2.21. The molecule has 0 aliphatic rings. The molecule has 0 radical (unpaired) electrons. The molecular formula is C14H12F2N2O3S2. The Bertz CT molecular complexity index is 722. The summed E-state index contributed by atoms with van der Waals surface area (Å²) in [6, 6.07) is 3.44. The Hall–Kier alpha value is -2.00. The van der Waals surface area contributed by atoms with Gasteiger partial charge in [-0.3, -0.25) is 9.59 Å². The molecule has 1 amide bonds. The highest BCUT2D eigenvalue weighted by atomic mass is 32.2. The lowest BCUT2D eigenvalue weighted by molar-refractivity contribution is -0.139. The number of anilines is 1. The predicted molar refractivity (Wildman–Crippen MR) is 83.5 cm³/mol. The van der Waals surface area contributed by atoms with E-state index in [1.165, 1.54) is 24.5 Å². The van der Waals surface area contributed by atoms with Crippen molar-refractivity contribution in [1.82, 2.24) is 4.98 Å². The average Bonchev–Trinajstić information content (AvgIpc) is 2.95. The number of methoxy groups -OCH3 is 1. The largest absolute Gasteiger partial charge is 0.469 e. The summed E-state index contributed by atoms with van der Waals surface area (Å²) in [6.07, 6.45) is 0.0342. The molecule has 5 nitrogen and oxygen atoms in total. The second-order valence-electron chi connectivity index (χ2n) is 4.31. The molecule has 1 heterocycles. The van der Waals surface area contributed by atoms with Crippen molar-refractivity contribution in [3.8, 4) is 0 Å². The summed E-state index contributed by atoms with van der Waals surface area (Å²) in [4.78, 5) is 27.5. The number of carbonyl (C=O) groups excluding carboxylic acids is 2. The molecule has 0 spiro atoms. The molecule has 0 saturated carbocycles. The fourth-order valence-electron chi connectivity index (χ4n) is 1.54. The van der Waals surface area contributed by atoms with Crippen LogP contribution in [0.1, 0.15) is 5.69 Å². The molecule has 0 unspecified atom stereocenters. The molecule has 9 heteroatoms. The zero-order valence-electron chi connectivity index (χ0n) is 12.0. The van der Waals surface area contributed by atoms with Gasteiger partial charge in [-0.2, -0.15) is 0 Å². The van der Waals surface area contributed by atoms with Gasteiger partial charge in [0.25, 0.3) is 0 Å². The van der Waals surface area contributed by atoms with Gasteiger partial charge < -0.3 is 10.1 Å². The van der Waals surface area contributed by atoms with Crippen LogP contribution < -0.4 is 5.32 Å². The van der Waals surface area contributed by atoms with Crippen LogP contribution in [-0.2, 0) is 20.7 Å². The van der Waals surface area contributed by atoms with Crippen LogP contribution in [0.25, 0.3) is 0 Å². The van der Waals surface area contributed by atoms with Crippen molar-refractivity contribution in [2.75, 3.05) is 18.2 Å². The summed E-state index contributed by atoms with van der Waals surface area (Å²) in [5.74, 6) is -2.61. The molecule has 0 saturated heterocycles. The van der Waals surface area contributed by atoms with Gasteiger partial charge in [-0.15, -0.1) is 23.1 Å². The maximum atomic E-state index is 13.1. The number of halogens is 2. The number of thioether (sulfide) groups is 1. The summed E-state index contributed by atoms with van der Waals surface area (Å²) < 4.78 is 30.4. The van der Waals surface area contributed by atoms with Crippen molar-refractivity contribution in [3.05, 3.63) is 40.9 Å². The van der Waals surface area contributed by atoms with E-state index in [2.05, 4.69) is 15.0 Å². The first kappa shape index (κ1) is 17.4. The molecule has 1 N–H and O–H groups in total. The summed E-state index contributed by atoms with van der Waals surface area (Å²) in [5, 5.41) is 4.59. The molecule has 1 aromatic heterocycles. The number of benzene rings is 1. The smallest absolute Gasteiger partial charge is 0.311 e. The van der Waals surface area contributed by atoms with E-state index in [0.29, 0.717) is 15.7 Å². The number of nitrogens with zero attached hydrogens (tertiary/aromatic N) is 1. The van der Waals surface area contributed by atoms with Crippen LogP contribution in [-0.4, -0.2) is 29.7 Å². The van der Waals surface area contributed by atoms with Crippen molar-refractivity contribution in [2.24, 2.45) is 0 Å². The minimum absolute atomic E-state index is 0.0248. The fourth-order valence-corrected chi connectivity index (χ4v) is 2.98. The van der Waals surface area contributed by atoms with Gasteiger partial charge in [0, 0.05) is 10.3 Å². The fraction of sp³-hybridized carbons (Fsp3) is 0.214. The molecular weight excluding hydrogens is 346 g/mol. The highest BCUT2D eigenvalue weighted by molar-refractivity contribution is 8.00. The molecule has 0 atom stereocenters. The first-order chi connectivity index (χ1) is 11.0. The molecule has 0 aliphatic heterocycles. The highest BCUT2D eigenvalue weighted by Gasteiger charge is 2.11. The topological polar surface area (TPSA) is 68.3 Å². The van der Waals surface area contributed by atoms with Crippen LogP contribution >= 0.6 is 23.1 Å². The van der Waals surface area contributed by atoms with Gasteiger partial charge >= 0.3 is 5.97 Å². The van der Waals surface area contributed by atoms with Crippen LogP contribution in [0.5, 0.6) is 0 Å². The Kier molecular flexibility index (Phi) is 6.05.